The third kappa shape index (κ3) is 4.12. The van der Waals surface area contributed by atoms with E-state index in [9.17, 15) is 14.4 Å². The summed E-state index contributed by atoms with van der Waals surface area (Å²) in [7, 11) is 1.78. The summed E-state index contributed by atoms with van der Waals surface area (Å²) < 4.78 is 11.5. The minimum absolute atomic E-state index is 0.00814. The van der Waals surface area contributed by atoms with Gasteiger partial charge in [0.25, 0.3) is 0 Å². The lowest BCUT2D eigenvalue weighted by molar-refractivity contribution is -0.0274. The average molecular weight is 477 g/mol. The van der Waals surface area contributed by atoms with Crippen molar-refractivity contribution in [2.75, 3.05) is 24.7 Å². The number of methoxy groups -OCH3 is 1. The highest BCUT2D eigenvalue weighted by molar-refractivity contribution is 6.32. The fourth-order valence-corrected chi connectivity index (χ4v) is 6.16. The Balaban J connectivity index is 1.43. The van der Waals surface area contributed by atoms with Crippen molar-refractivity contribution in [1.82, 2.24) is 0 Å². The number of hydrogen-bond acceptors (Lipinski definition) is 7. The number of nitrogens with two attached hydrogens (primary N) is 1. The second-order valence-electron chi connectivity index (χ2n) is 9.90. The van der Waals surface area contributed by atoms with Crippen LogP contribution < -0.4 is 11.1 Å². The lowest BCUT2D eigenvalue weighted by Crippen LogP contribution is -2.37. The zero-order valence-corrected chi connectivity index (χ0v) is 20.3. The van der Waals surface area contributed by atoms with Crippen LogP contribution in [0.5, 0.6) is 0 Å². The van der Waals surface area contributed by atoms with Crippen molar-refractivity contribution in [3.05, 3.63) is 58.1 Å². The molecule has 2 aromatic carbocycles. The number of carbonyl (C=O) groups is 3. The summed E-state index contributed by atoms with van der Waals surface area (Å²) in [5, 5.41) is 3.14. The number of esters is 1. The van der Waals surface area contributed by atoms with E-state index >= 15 is 0 Å². The highest BCUT2D eigenvalue weighted by Gasteiger charge is 2.39. The van der Waals surface area contributed by atoms with Gasteiger partial charge in [-0.3, -0.25) is 9.59 Å². The van der Waals surface area contributed by atoms with E-state index in [1.165, 1.54) is 0 Å². The van der Waals surface area contributed by atoms with E-state index in [1.54, 1.807) is 37.4 Å². The summed E-state index contributed by atoms with van der Waals surface area (Å²) >= 11 is 0. The molecule has 3 aliphatic rings. The summed E-state index contributed by atoms with van der Waals surface area (Å²) in [4.78, 5) is 40.0. The van der Waals surface area contributed by atoms with Crippen molar-refractivity contribution in [3.63, 3.8) is 0 Å². The Morgan fingerprint density at radius 1 is 0.971 bits per heavy atom. The average Bonchev–Trinajstić information content (AvgIpc) is 2.87. The molecule has 5 rings (SSSR count). The maximum atomic E-state index is 13.4. The van der Waals surface area contributed by atoms with Crippen molar-refractivity contribution in [1.29, 1.82) is 0 Å². The number of ether oxygens (including phenoxy) is 2. The number of fused-ring (bicyclic) bond motifs is 3. The van der Waals surface area contributed by atoms with Gasteiger partial charge in [-0.2, -0.15) is 0 Å². The SMILES string of the molecule is CCNc1cc(C(=O)OC2CCC3CC(OC)CCC3C2)c(N)c2c1C(=O)c1ccccc1C2=O. The first-order valence-corrected chi connectivity index (χ1v) is 12.5. The topological polar surface area (TPSA) is 108 Å². The van der Waals surface area contributed by atoms with Crippen LogP contribution in [0.4, 0.5) is 11.4 Å². The Kier molecular flexibility index (Phi) is 6.36. The largest absolute Gasteiger partial charge is 0.459 e. The molecule has 0 aromatic heterocycles. The molecule has 0 aliphatic heterocycles. The molecule has 184 valence electrons. The van der Waals surface area contributed by atoms with Crippen molar-refractivity contribution in [2.24, 2.45) is 11.8 Å². The number of hydrogen-bond donors (Lipinski definition) is 2. The molecule has 0 bridgehead atoms. The van der Waals surface area contributed by atoms with Crippen LogP contribution in [0.2, 0.25) is 0 Å². The van der Waals surface area contributed by atoms with Crippen LogP contribution in [0.25, 0.3) is 0 Å². The summed E-state index contributed by atoms with van der Waals surface area (Å²) in [6, 6.07) is 8.27. The highest BCUT2D eigenvalue weighted by Crippen LogP contribution is 2.43. The number of benzene rings is 2. The molecule has 35 heavy (non-hydrogen) atoms. The molecule has 7 nitrogen and oxygen atoms in total. The molecule has 3 aliphatic carbocycles. The van der Waals surface area contributed by atoms with Gasteiger partial charge in [0, 0.05) is 30.5 Å². The first kappa shape index (κ1) is 23.5. The number of carbonyl (C=O) groups excluding carboxylic acids is 3. The molecule has 4 unspecified atom stereocenters. The minimum atomic E-state index is -0.544. The smallest absolute Gasteiger partial charge is 0.340 e. The molecule has 0 saturated heterocycles. The Labute approximate surface area is 205 Å². The van der Waals surface area contributed by atoms with Gasteiger partial charge < -0.3 is 20.5 Å². The van der Waals surface area contributed by atoms with Crippen LogP contribution >= 0.6 is 0 Å². The third-order valence-electron chi connectivity index (χ3n) is 7.95. The Morgan fingerprint density at radius 3 is 2.20 bits per heavy atom. The number of nitrogens with one attached hydrogen (secondary N) is 1. The predicted octanol–water partition coefficient (Wildman–Crippen LogP) is 4.62. The van der Waals surface area contributed by atoms with E-state index in [2.05, 4.69) is 5.32 Å². The lowest BCUT2D eigenvalue weighted by Gasteiger charge is -2.41. The molecule has 3 N–H and O–H groups in total. The Bertz CT molecular complexity index is 1190. The van der Waals surface area contributed by atoms with E-state index < -0.39 is 5.97 Å². The van der Waals surface area contributed by atoms with Gasteiger partial charge in [0.2, 0.25) is 0 Å². The van der Waals surface area contributed by atoms with E-state index in [4.69, 9.17) is 15.2 Å². The van der Waals surface area contributed by atoms with Crippen LogP contribution in [0.3, 0.4) is 0 Å². The van der Waals surface area contributed by atoms with Gasteiger partial charge in [0.15, 0.2) is 11.6 Å². The first-order valence-electron chi connectivity index (χ1n) is 12.5. The highest BCUT2D eigenvalue weighted by atomic mass is 16.5. The molecule has 0 amide bonds. The quantitative estimate of drug-likeness (QED) is 0.409. The number of anilines is 2. The molecular formula is C28H32N2O5. The van der Waals surface area contributed by atoms with Crippen LogP contribution in [0.1, 0.15) is 87.6 Å². The predicted molar refractivity (Wildman–Crippen MR) is 133 cm³/mol. The van der Waals surface area contributed by atoms with Crippen LogP contribution in [-0.2, 0) is 9.47 Å². The van der Waals surface area contributed by atoms with Gasteiger partial charge in [0.1, 0.15) is 6.10 Å². The van der Waals surface area contributed by atoms with Gasteiger partial charge >= 0.3 is 5.97 Å². The maximum Gasteiger partial charge on any atom is 0.340 e. The summed E-state index contributed by atoms with van der Waals surface area (Å²) in [6.07, 6.45) is 6.00. The molecular weight excluding hydrogens is 444 g/mol. The van der Waals surface area contributed by atoms with E-state index in [1.807, 2.05) is 6.92 Å². The standard InChI is InChI=1S/C28H32N2O5/c1-3-30-22-14-21(25(29)24-23(22)26(31)19-6-4-5-7-20(19)27(24)32)28(33)35-18-11-9-15-12-17(34-2)10-8-16(15)13-18/h4-7,14-18,30H,3,8-13,29H2,1-2H3. The molecule has 4 atom stereocenters. The summed E-state index contributed by atoms with van der Waals surface area (Å²) in [6.45, 7) is 2.41. The maximum absolute atomic E-state index is 13.4. The van der Waals surface area contributed by atoms with E-state index in [-0.39, 0.29) is 40.0 Å². The van der Waals surface area contributed by atoms with Gasteiger partial charge in [-0.1, -0.05) is 24.3 Å². The molecule has 7 heteroatoms. The van der Waals surface area contributed by atoms with E-state index in [0.29, 0.717) is 41.3 Å². The molecule has 0 radical (unpaired) electrons. The second kappa shape index (κ2) is 9.46. The molecule has 0 heterocycles. The van der Waals surface area contributed by atoms with Crippen LogP contribution in [-0.4, -0.2) is 43.4 Å². The third-order valence-corrected chi connectivity index (χ3v) is 7.95. The van der Waals surface area contributed by atoms with Gasteiger partial charge in [-0.05, 0) is 63.4 Å². The molecule has 2 aromatic rings. The van der Waals surface area contributed by atoms with Gasteiger partial charge in [0.05, 0.1) is 28.5 Å². The van der Waals surface area contributed by atoms with Crippen molar-refractivity contribution < 1.29 is 23.9 Å². The van der Waals surface area contributed by atoms with Crippen LogP contribution in [0, 0.1) is 11.8 Å². The first-order chi connectivity index (χ1) is 16.9. The summed E-state index contributed by atoms with van der Waals surface area (Å²) in [5.74, 6) is -0.0272. The Hall–Kier alpha value is -3.19. The number of nitrogen functional groups attached to an aromatic ring is 1. The van der Waals surface area contributed by atoms with Crippen molar-refractivity contribution in [2.45, 2.75) is 57.7 Å². The lowest BCUT2D eigenvalue weighted by atomic mass is 9.69. The van der Waals surface area contributed by atoms with Gasteiger partial charge in [-0.25, -0.2) is 4.79 Å². The van der Waals surface area contributed by atoms with Crippen LogP contribution in [0.15, 0.2) is 30.3 Å². The Morgan fingerprint density at radius 2 is 1.57 bits per heavy atom. The molecule has 2 fully saturated rings. The van der Waals surface area contributed by atoms with Gasteiger partial charge in [-0.15, -0.1) is 0 Å². The zero-order valence-electron chi connectivity index (χ0n) is 20.3. The fraction of sp³-hybridized carbons (Fsp3) is 0.464. The fourth-order valence-electron chi connectivity index (χ4n) is 6.16. The molecule has 0 spiro atoms. The monoisotopic (exact) mass is 476 g/mol. The minimum Gasteiger partial charge on any atom is -0.459 e. The number of ketones is 2. The van der Waals surface area contributed by atoms with Crippen molar-refractivity contribution in [3.8, 4) is 0 Å². The van der Waals surface area contributed by atoms with E-state index in [0.717, 1.165) is 38.5 Å². The normalized spacial score (nSPS) is 25.3. The zero-order chi connectivity index (χ0) is 24.7. The number of rotatable bonds is 5. The van der Waals surface area contributed by atoms with Crippen molar-refractivity contribution >= 4 is 28.9 Å². The second-order valence-corrected chi connectivity index (χ2v) is 9.90. The molecule has 2 saturated carbocycles. The summed E-state index contributed by atoms with van der Waals surface area (Å²) in [5.41, 5.74) is 7.93.